The van der Waals surface area contributed by atoms with Crippen molar-refractivity contribution in [2.24, 2.45) is 5.73 Å². The van der Waals surface area contributed by atoms with Crippen LogP contribution in [0.3, 0.4) is 0 Å². The third kappa shape index (κ3) is 2.29. The van der Waals surface area contributed by atoms with Gasteiger partial charge in [0.2, 0.25) is 0 Å². The number of fused-ring (bicyclic) bond motifs is 1. The topological polar surface area (TPSA) is 42.1 Å². The van der Waals surface area contributed by atoms with Crippen LogP contribution in [0.15, 0.2) is 42.6 Å². The number of benzene rings is 1. The number of pyridine rings is 1. The molecule has 3 heteroatoms. The first-order valence-corrected chi connectivity index (χ1v) is 7.25. The molecule has 0 saturated carbocycles. The van der Waals surface area contributed by atoms with Gasteiger partial charge in [0.1, 0.15) is 5.82 Å². The maximum Gasteiger partial charge on any atom is 0.133 e. The van der Waals surface area contributed by atoms with Gasteiger partial charge in [-0.15, -0.1) is 0 Å². The summed E-state index contributed by atoms with van der Waals surface area (Å²) in [7, 11) is 0. The van der Waals surface area contributed by atoms with Gasteiger partial charge in [-0.25, -0.2) is 4.98 Å². The minimum absolute atomic E-state index is 0.0343. The lowest BCUT2D eigenvalue weighted by Gasteiger charge is -2.36. The Labute approximate surface area is 120 Å². The molecule has 3 nitrogen and oxygen atoms in total. The highest BCUT2D eigenvalue weighted by atomic mass is 15.2. The Kier molecular flexibility index (Phi) is 3.45. The van der Waals surface area contributed by atoms with Crippen LogP contribution in [0.5, 0.6) is 0 Å². The van der Waals surface area contributed by atoms with E-state index in [4.69, 9.17) is 5.73 Å². The molecule has 20 heavy (non-hydrogen) atoms. The summed E-state index contributed by atoms with van der Waals surface area (Å²) in [4.78, 5) is 6.90. The number of aryl methyl sites for hydroxylation is 1. The van der Waals surface area contributed by atoms with E-state index < -0.39 is 0 Å². The SMILES string of the molecule is CC1CCc2ccccc2N1c1cc([C@H](C)N)ccn1. The number of nitrogens with two attached hydrogens (primary N) is 1. The molecule has 2 aromatic rings. The van der Waals surface area contributed by atoms with Crippen molar-refractivity contribution in [2.45, 2.75) is 38.8 Å². The Hall–Kier alpha value is -1.87. The molecular formula is C17H21N3. The molecule has 1 unspecified atom stereocenters. The number of hydrogen-bond donors (Lipinski definition) is 1. The van der Waals surface area contributed by atoms with Gasteiger partial charge in [0.15, 0.2) is 0 Å². The summed E-state index contributed by atoms with van der Waals surface area (Å²) in [5, 5.41) is 0. The Morgan fingerprint density at radius 2 is 2.10 bits per heavy atom. The van der Waals surface area contributed by atoms with Crippen LogP contribution in [0.2, 0.25) is 0 Å². The molecule has 1 aromatic carbocycles. The van der Waals surface area contributed by atoms with E-state index in [1.54, 1.807) is 0 Å². The van der Waals surface area contributed by atoms with Crippen LogP contribution >= 0.6 is 0 Å². The van der Waals surface area contributed by atoms with Gasteiger partial charge in [-0.05, 0) is 56.0 Å². The number of para-hydroxylation sites is 1. The second-order valence-electron chi connectivity index (χ2n) is 5.62. The number of nitrogens with zero attached hydrogens (tertiary/aromatic N) is 2. The standard InChI is InChI=1S/C17H21N3/c1-12-7-8-14-5-3-4-6-16(14)20(12)17-11-15(13(2)18)9-10-19-17/h3-6,9-13H,7-8,18H2,1-2H3/t12?,13-/m0/s1. The first-order valence-electron chi connectivity index (χ1n) is 7.25. The van der Waals surface area contributed by atoms with Gasteiger partial charge in [-0.1, -0.05) is 18.2 Å². The van der Waals surface area contributed by atoms with Crippen LogP contribution in [0.1, 0.15) is 37.4 Å². The van der Waals surface area contributed by atoms with Crippen molar-refractivity contribution in [3.05, 3.63) is 53.7 Å². The fourth-order valence-corrected chi connectivity index (χ4v) is 2.89. The summed E-state index contributed by atoms with van der Waals surface area (Å²) in [6.45, 7) is 4.27. The maximum atomic E-state index is 6.00. The quantitative estimate of drug-likeness (QED) is 0.904. The lowest BCUT2D eigenvalue weighted by Crippen LogP contribution is -2.33. The Bertz CT molecular complexity index is 607. The highest BCUT2D eigenvalue weighted by Gasteiger charge is 2.25. The molecule has 0 saturated heterocycles. The predicted octanol–water partition coefficient (Wildman–Crippen LogP) is 3.57. The van der Waals surface area contributed by atoms with Gasteiger partial charge in [-0.2, -0.15) is 0 Å². The fourth-order valence-electron chi connectivity index (χ4n) is 2.89. The molecule has 1 aromatic heterocycles. The van der Waals surface area contributed by atoms with Gasteiger partial charge in [0.05, 0.1) is 0 Å². The molecule has 1 aliphatic rings. The fraction of sp³-hybridized carbons (Fsp3) is 0.353. The number of rotatable bonds is 2. The zero-order chi connectivity index (χ0) is 14.1. The summed E-state index contributed by atoms with van der Waals surface area (Å²) >= 11 is 0. The van der Waals surface area contributed by atoms with E-state index in [1.807, 2.05) is 19.2 Å². The van der Waals surface area contributed by atoms with Gasteiger partial charge in [0, 0.05) is 24.0 Å². The van der Waals surface area contributed by atoms with Crippen LogP contribution in [0.4, 0.5) is 11.5 Å². The minimum atomic E-state index is 0.0343. The van der Waals surface area contributed by atoms with Crippen molar-refractivity contribution in [3.63, 3.8) is 0 Å². The molecule has 0 spiro atoms. The maximum absolute atomic E-state index is 6.00. The van der Waals surface area contributed by atoms with E-state index in [0.717, 1.165) is 24.2 Å². The summed E-state index contributed by atoms with van der Waals surface area (Å²) in [5.74, 6) is 0.999. The monoisotopic (exact) mass is 267 g/mol. The average molecular weight is 267 g/mol. The molecule has 2 heterocycles. The summed E-state index contributed by atoms with van der Waals surface area (Å²) < 4.78 is 0. The van der Waals surface area contributed by atoms with E-state index in [-0.39, 0.29) is 6.04 Å². The number of aromatic nitrogens is 1. The molecule has 3 rings (SSSR count). The van der Waals surface area contributed by atoms with E-state index in [2.05, 4.69) is 47.1 Å². The van der Waals surface area contributed by atoms with Gasteiger partial charge < -0.3 is 10.6 Å². The molecular weight excluding hydrogens is 246 g/mol. The zero-order valence-electron chi connectivity index (χ0n) is 12.1. The molecule has 0 fully saturated rings. The Balaban J connectivity index is 2.07. The van der Waals surface area contributed by atoms with Crippen molar-refractivity contribution in [3.8, 4) is 0 Å². The third-order valence-electron chi connectivity index (χ3n) is 4.07. The third-order valence-corrected chi connectivity index (χ3v) is 4.07. The highest BCUT2D eigenvalue weighted by molar-refractivity contribution is 5.66. The molecule has 2 N–H and O–H groups in total. The van der Waals surface area contributed by atoms with Gasteiger partial charge >= 0.3 is 0 Å². The van der Waals surface area contributed by atoms with E-state index in [9.17, 15) is 0 Å². The lowest BCUT2D eigenvalue weighted by atomic mass is 9.96. The number of anilines is 2. The minimum Gasteiger partial charge on any atom is -0.324 e. The van der Waals surface area contributed by atoms with Crippen molar-refractivity contribution in [1.29, 1.82) is 0 Å². The molecule has 2 atom stereocenters. The zero-order valence-corrected chi connectivity index (χ0v) is 12.1. The van der Waals surface area contributed by atoms with Gasteiger partial charge in [-0.3, -0.25) is 0 Å². The summed E-state index contributed by atoms with van der Waals surface area (Å²) in [6.07, 6.45) is 4.15. The van der Waals surface area contributed by atoms with Crippen LogP contribution in [-0.4, -0.2) is 11.0 Å². The molecule has 0 bridgehead atoms. The van der Waals surface area contributed by atoms with Crippen LogP contribution < -0.4 is 10.6 Å². The predicted molar refractivity (Wildman–Crippen MR) is 83.2 cm³/mol. The first kappa shape index (κ1) is 13.1. The normalized spacial score (nSPS) is 19.6. The van der Waals surface area contributed by atoms with Crippen molar-refractivity contribution in [2.75, 3.05) is 4.90 Å². The Morgan fingerprint density at radius 1 is 1.30 bits per heavy atom. The molecule has 1 aliphatic heterocycles. The number of hydrogen-bond acceptors (Lipinski definition) is 3. The van der Waals surface area contributed by atoms with Gasteiger partial charge in [0.25, 0.3) is 0 Å². The smallest absolute Gasteiger partial charge is 0.133 e. The van der Waals surface area contributed by atoms with E-state index in [0.29, 0.717) is 6.04 Å². The molecule has 104 valence electrons. The second-order valence-corrected chi connectivity index (χ2v) is 5.62. The average Bonchev–Trinajstić information content (AvgIpc) is 2.47. The molecule has 0 amide bonds. The van der Waals surface area contributed by atoms with E-state index in [1.165, 1.54) is 11.3 Å². The highest BCUT2D eigenvalue weighted by Crippen LogP contribution is 2.36. The van der Waals surface area contributed by atoms with E-state index >= 15 is 0 Å². The lowest BCUT2D eigenvalue weighted by molar-refractivity contribution is 0.613. The Morgan fingerprint density at radius 3 is 2.90 bits per heavy atom. The summed E-state index contributed by atoms with van der Waals surface area (Å²) in [5.41, 5.74) is 9.80. The second kappa shape index (κ2) is 5.25. The van der Waals surface area contributed by atoms with Crippen molar-refractivity contribution in [1.82, 2.24) is 4.98 Å². The molecule has 0 radical (unpaired) electrons. The molecule has 0 aliphatic carbocycles. The van der Waals surface area contributed by atoms with Crippen LogP contribution in [0.25, 0.3) is 0 Å². The van der Waals surface area contributed by atoms with Crippen molar-refractivity contribution < 1.29 is 0 Å². The first-order chi connectivity index (χ1) is 9.66. The van der Waals surface area contributed by atoms with Crippen LogP contribution in [-0.2, 0) is 6.42 Å². The summed E-state index contributed by atoms with van der Waals surface area (Å²) in [6, 6.07) is 13.2. The van der Waals surface area contributed by atoms with Crippen molar-refractivity contribution >= 4 is 11.5 Å². The van der Waals surface area contributed by atoms with Crippen LogP contribution in [0, 0.1) is 0 Å². The largest absolute Gasteiger partial charge is 0.324 e.